The second-order valence-electron chi connectivity index (χ2n) is 3.20. The summed E-state index contributed by atoms with van der Waals surface area (Å²) in [6, 6.07) is 3.85. The Kier molecular flexibility index (Phi) is 2.51. The van der Waals surface area contributed by atoms with Gasteiger partial charge in [0.25, 0.3) is 0 Å². The minimum atomic E-state index is -0.200. The minimum absolute atomic E-state index is 0.200. The van der Waals surface area contributed by atoms with E-state index in [-0.39, 0.29) is 6.10 Å². The van der Waals surface area contributed by atoms with E-state index < -0.39 is 0 Å². The smallest absolute Gasteiger partial charge is 0.142 e. The van der Waals surface area contributed by atoms with Gasteiger partial charge in [0.2, 0.25) is 0 Å². The Morgan fingerprint density at radius 1 is 1.62 bits per heavy atom. The van der Waals surface area contributed by atoms with Crippen molar-refractivity contribution >= 4 is 21.7 Å². The van der Waals surface area contributed by atoms with Crippen LogP contribution in [0.25, 0.3) is 0 Å². The third-order valence-corrected chi connectivity index (χ3v) is 2.82. The average Bonchev–Trinajstić information content (AvgIpc) is 2.53. The maximum atomic E-state index is 9.37. The number of hydrogen-bond acceptors (Lipinski definition) is 3. The van der Waals surface area contributed by atoms with Gasteiger partial charge in [-0.05, 0) is 34.5 Å². The van der Waals surface area contributed by atoms with E-state index in [0.717, 1.165) is 23.3 Å². The molecular formula is C9H11BrN2O. The highest BCUT2D eigenvalue weighted by atomic mass is 79.9. The van der Waals surface area contributed by atoms with E-state index in [9.17, 15) is 5.11 Å². The molecule has 0 amide bonds. The molecule has 2 heterocycles. The lowest BCUT2D eigenvalue weighted by atomic mass is 10.3. The molecule has 3 nitrogen and oxygen atoms in total. The number of aliphatic hydroxyl groups is 1. The molecule has 1 aromatic heterocycles. The number of aromatic nitrogens is 1. The fourth-order valence-electron chi connectivity index (χ4n) is 1.54. The molecule has 2 rings (SSSR count). The number of rotatable bonds is 1. The second kappa shape index (κ2) is 3.64. The van der Waals surface area contributed by atoms with Crippen LogP contribution in [0, 0.1) is 0 Å². The summed E-state index contributed by atoms with van der Waals surface area (Å²) in [4.78, 5) is 6.35. The van der Waals surface area contributed by atoms with E-state index >= 15 is 0 Å². The van der Waals surface area contributed by atoms with E-state index in [1.807, 2.05) is 12.1 Å². The predicted molar refractivity (Wildman–Crippen MR) is 54.8 cm³/mol. The molecule has 0 spiro atoms. The molecule has 4 heteroatoms. The maximum Gasteiger partial charge on any atom is 0.142 e. The molecule has 0 bridgehead atoms. The van der Waals surface area contributed by atoms with E-state index in [1.54, 1.807) is 6.20 Å². The Morgan fingerprint density at radius 3 is 3.08 bits per heavy atom. The Balaban J connectivity index is 2.21. The highest BCUT2D eigenvalue weighted by Gasteiger charge is 2.22. The summed E-state index contributed by atoms with van der Waals surface area (Å²) in [6.07, 6.45) is 2.40. The van der Waals surface area contributed by atoms with Crippen LogP contribution >= 0.6 is 15.9 Å². The first kappa shape index (κ1) is 8.97. The summed E-state index contributed by atoms with van der Waals surface area (Å²) in [5, 5.41) is 9.37. The fourth-order valence-corrected chi connectivity index (χ4v) is 2.05. The molecule has 0 unspecified atom stereocenters. The summed E-state index contributed by atoms with van der Waals surface area (Å²) < 4.78 is 0.990. The van der Waals surface area contributed by atoms with Gasteiger partial charge in [0, 0.05) is 19.3 Å². The second-order valence-corrected chi connectivity index (χ2v) is 4.05. The number of aliphatic hydroxyl groups excluding tert-OH is 1. The van der Waals surface area contributed by atoms with Crippen molar-refractivity contribution in [3.63, 3.8) is 0 Å². The van der Waals surface area contributed by atoms with Crippen LogP contribution in [0.15, 0.2) is 22.8 Å². The van der Waals surface area contributed by atoms with Crippen molar-refractivity contribution in [3.05, 3.63) is 22.8 Å². The van der Waals surface area contributed by atoms with Crippen LogP contribution in [0.5, 0.6) is 0 Å². The van der Waals surface area contributed by atoms with Crippen molar-refractivity contribution in [2.24, 2.45) is 0 Å². The van der Waals surface area contributed by atoms with Crippen LogP contribution in [-0.4, -0.2) is 29.3 Å². The number of nitrogens with zero attached hydrogens (tertiary/aromatic N) is 2. The van der Waals surface area contributed by atoms with Gasteiger partial charge in [0.05, 0.1) is 10.6 Å². The molecule has 1 N–H and O–H groups in total. The zero-order valence-corrected chi connectivity index (χ0v) is 8.74. The van der Waals surface area contributed by atoms with E-state index in [4.69, 9.17) is 0 Å². The highest BCUT2D eigenvalue weighted by Crippen LogP contribution is 2.25. The van der Waals surface area contributed by atoms with Crippen LogP contribution < -0.4 is 4.90 Å². The van der Waals surface area contributed by atoms with Crippen LogP contribution in [0.2, 0.25) is 0 Å². The third-order valence-electron chi connectivity index (χ3n) is 2.20. The van der Waals surface area contributed by atoms with Crippen LogP contribution in [0.4, 0.5) is 5.82 Å². The van der Waals surface area contributed by atoms with Gasteiger partial charge in [-0.15, -0.1) is 0 Å². The largest absolute Gasteiger partial charge is 0.391 e. The van der Waals surface area contributed by atoms with Crippen LogP contribution in [0.3, 0.4) is 0 Å². The van der Waals surface area contributed by atoms with Crippen molar-refractivity contribution in [1.82, 2.24) is 4.98 Å². The molecule has 0 aliphatic carbocycles. The van der Waals surface area contributed by atoms with Crippen LogP contribution in [-0.2, 0) is 0 Å². The summed E-state index contributed by atoms with van der Waals surface area (Å²) in [6.45, 7) is 1.58. The molecule has 70 valence electrons. The van der Waals surface area contributed by atoms with Gasteiger partial charge in [-0.1, -0.05) is 0 Å². The first-order valence-electron chi connectivity index (χ1n) is 4.31. The lowest BCUT2D eigenvalue weighted by molar-refractivity contribution is 0.198. The zero-order chi connectivity index (χ0) is 9.26. The van der Waals surface area contributed by atoms with Gasteiger partial charge in [0.1, 0.15) is 5.82 Å². The van der Waals surface area contributed by atoms with E-state index in [2.05, 4.69) is 25.8 Å². The molecule has 1 aliphatic rings. The Hall–Kier alpha value is -0.610. The fraction of sp³-hybridized carbons (Fsp3) is 0.444. The lowest BCUT2D eigenvalue weighted by Crippen LogP contribution is -2.22. The number of anilines is 1. The molecule has 1 fully saturated rings. The highest BCUT2D eigenvalue weighted by molar-refractivity contribution is 9.10. The molecule has 1 aliphatic heterocycles. The lowest BCUT2D eigenvalue weighted by Gasteiger charge is -2.17. The van der Waals surface area contributed by atoms with Gasteiger partial charge in [-0.3, -0.25) is 0 Å². The summed E-state index contributed by atoms with van der Waals surface area (Å²) in [7, 11) is 0. The van der Waals surface area contributed by atoms with Gasteiger partial charge in [0.15, 0.2) is 0 Å². The van der Waals surface area contributed by atoms with Crippen molar-refractivity contribution < 1.29 is 5.11 Å². The molecule has 13 heavy (non-hydrogen) atoms. The number of halogens is 1. The van der Waals surface area contributed by atoms with Crippen molar-refractivity contribution in [1.29, 1.82) is 0 Å². The van der Waals surface area contributed by atoms with Crippen molar-refractivity contribution in [3.8, 4) is 0 Å². The van der Waals surface area contributed by atoms with Crippen molar-refractivity contribution in [2.75, 3.05) is 18.0 Å². The Morgan fingerprint density at radius 2 is 2.46 bits per heavy atom. The summed E-state index contributed by atoms with van der Waals surface area (Å²) >= 11 is 3.44. The first-order valence-corrected chi connectivity index (χ1v) is 5.10. The average molecular weight is 243 g/mol. The van der Waals surface area contributed by atoms with E-state index in [0.29, 0.717) is 6.54 Å². The Labute approximate surface area is 85.5 Å². The number of hydrogen-bond donors (Lipinski definition) is 1. The van der Waals surface area contributed by atoms with Crippen LogP contribution in [0.1, 0.15) is 6.42 Å². The van der Waals surface area contributed by atoms with Gasteiger partial charge in [-0.25, -0.2) is 4.98 Å². The van der Waals surface area contributed by atoms with Gasteiger partial charge in [-0.2, -0.15) is 0 Å². The predicted octanol–water partition coefficient (Wildman–Crippen LogP) is 1.42. The quantitative estimate of drug-likeness (QED) is 0.810. The SMILES string of the molecule is O[C@@H]1CCN(c2ncccc2Br)C1. The summed E-state index contributed by atoms with van der Waals surface area (Å²) in [5.41, 5.74) is 0. The first-order chi connectivity index (χ1) is 6.27. The molecule has 1 atom stereocenters. The molecule has 0 aromatic carbocycles. The Bertz CT molecular complexity index is 305. The summed E-state index contributed by atoms with van der Waals surface area (Å²) in [5.74, 6) is 0.930. The molecule has 1 saturated heterocycles. The van der Waals surface area contributed by atoms with Gasteiger partial charge >= 0.3 is 0 Å². The monoisotopic (exact) mass is 242 g/mol. The topological polar surface area (TPSA) is 36.4 Å². The zero-order valence-electron chi connectivity index (χ0n) is 7.15. The molecule has 1 aromatic rings. The normalized spacial score (nSPS) is 22.3. The minimum Gasteiger partial charge on any atom is -0.391 e. The number of β-amino-alcohol motifs (C(OH)–C–C–N with tert-alkyl or cyclic N) is 1. The molecule has 0 saturated carbocycles. The third kappa shape index (κ3) is 1.84. The number of pyridine rings is 1. The maximum absolute atomic E-state index is 9.37. The van der Waals surface area contributed by atoms with Gasteiger partial charge < -0.3 is 10.0 Å². The van der Waals surface area contributed by atoms with E-state index in [1.165, 1.54) is 0 Å². The standard InChI is InChI=1S/C9H11BrN2O/c10-8-2-1-4-11-9(8)12-5-3-7(13)6-12/h1-2,4,7,13H,3,5-6H2/t7-/m1/s1. The molecule has 0 radical (unpaired) electrons. The van der Waals surface area contributed by atoms with Crippen molar-refractivity contribution in [2.45, 2.75) is 12.5 Å². The molecular weight excluding hydrogens is 232 g/mol.